The first kappa shape index (κ1) is 22.7. The molecule has 0 bridgehead atoms. The zero-order valence-electron chi connectivity index (χ0n) is 18.4. The summed E-state index contributed by atoms with van der Waals surface area (Å²) in [6.45, 7) is 6.13. The maximum atomic E-state index is 12.7. The molecule has 0 aliphatic carbocycles. The Hall–Kier alpha value is -3.50. The van der Waals surface area contributed by atoms with E-state index >= 15 is 0 Å². The zero-order valence-corrected chi connectivity index (χ0v) is 19.2. The summed E-state index contributed by atoms with van der Waals surface area (Å²) in [6.07, 6.45) is 0. The van der Waals surface area contributed by atoms with Crippen molar-refractivity contribution >= 4 is 38.8 Å². The van der Waals surface area contributed by atoms with E-state index in [2.05, 4.69) is 24.9 Å². The molecule has 1 aromatic heterocycles. The fourth-order valence-electron chi connectivity index (χ4n) is 3.44. The van der Waals surface area contributed by atoms with Gasteiger partial charge in [-0.15, -0.1) is 0 Å². The molecular weight excluding hydrogens is 442 g/mol. The molecule has 10 heteroatoms. The Labute approximate surface area is 192 Å². The molecule has 33 heavy (non-hydrogen) atoms. The van der Waals surface area contributed by atoms with E-state index in [1.807, 2.05) is 13.0 Å². The molecule has 0 saturated carbocycles. The van der Waals surface area contributed by atoms with Crippen molar-refractivity contribution in [1.29, 1.82) is 0 Å². The summed E-state index contributed by atoms with van der Waals surface area (Å²) in [4.78, 5) is 22.7. The highest BCUT2D eigenvalue weighted by Gasteiger charge is 2.16. The minimum atomic E-state index is -3.82. The first-order chi connectivity index (χ1) is 15.8. The van der Waals surface area contributed by atoms with Crippen LogP contribution in [0.2, 0.25) is 0 Å². The fraction of sp³-hybridized carbons (Fsp3) is 0.261. The average molecular weight is 468 g/mol. The van der Waals surface area contributed by atoms with Crippen molar-refractivity contribution < 1.29 is 17.9 Å². The lowest BCUT2D eigenvalue weighted by atomic mass is 10.2. The first-order valence-corrected chi connectivity index (χ1v) is 12.0. The second-order valence-corrected chi connectivity index (χ2v) is 9.33. The molecule has 2 N–H and O–H groups in total. The van der Waals surface area contributed by atoms with Gasteiger partial charge in [-0.05, 0) is 50.2 Å². The van der Waals surface area contributed by atoms with E-state index in [1.54, 1.807) is 36.4 Å². The lowest BCUT2D eigenvalue weighted by molar-refractivity contribution is 0.101. The van der Waals surface area contributed by atoms with Gasteiger partial charge in [0.1, 0.15) is 17.5 Å². The topological polar surface area (TPSA) is 114 Å². The highest BCUT2D eigenvalue weighted by molar-refractivity contribution is 7.92. The van der Waals surface area contributed by atoms with Gasteiger partial charge in [0.15, 0.2) is 5.78 Å². The highest BCUT2D eigenvalue weighted by atomic mass is 32.2. The second-order valence-electron chi connectivity index (χ2n) is 7.65. The van der Waals surface area contributed by atoms with Crippen molar-refractivity contribution in [2.24, 2.45) is 0 Å². The van der Waals surface area contributed by atoms with Crippen LogP contribution in [0.15, 0.2) is 59.5 Å². The number of aromatic nitrogens is 2. The van der Waals surface area contributed by atoms with E-state index in [0.29, 0.717) is 36.1 Å². The summed E-state index contributed by atoms with van der Waals surface area (Å²) in [5.74, 6) is 1.95. The standard InChI is InChI=1S/C23H25N5O4S/c1-16(29)18-4-3-5-21(14-18)33(30,31)27-20-8-6-19(7-9-20)26-22-15-23(25-17(2)24-22)28-10-12-32-13-11-28/h3-9,14-15,27H,10-13H2,1-2H3,(H,24,25,26). The smallest absolute Gasteiger partial charge is 0.261 e. The van der Waals surface area contributed by atoms with Gasteiger partial charge < -0.3 is 15.0 Å². The van der Waals surface area contributed by atoms with Crippen LogP contribution in [0.25, 0.3) is 0 Å². The molecule has 0 radical (unpaired) electrons. The number of nitrogens with zero attached hydrogens (tertiary/aromatic N) is 3. The van der Waals surface area contributed by atoms with Crippen LogP contribution in [0.1, 0.15) is 23.1 Å². The summed E-state index contributed by atoms with van der Waals surface area (Å²) in [6, 6.07) is 14.7. The monoisotopic (exact) mass is 467 g/mol. The van der Waals surface area contributed by atoms with E-state index < -0.39 is 10.0 Å². The summed E-state index contributed by atoms with van der Waals surface area (Å²) >= 11 is 0. The number of carbonyl (C=O) groups is 1. The van der Waals surface area contributed by atoms with Crippen molar-refractivity contribution in [1.82, 2.24) is 9.97 Å². The van der Waals surface area contributed by atoms with Gasteiger partial charge in [0, 0.05) is 36.1 Å². The summed E-state index contributed by atoms with van der Waals surface area (Å²) in [5, 5.41) is 3.24. The Bertz CT molecular complexity index is 1260. The normalized spacial score (nSPS) is 14.1. The van der Waals surface area contributed by atoms with Crippen molar-refractivity contribution in [3.05, 3.63) is 66.0 Å². The molecule has 172 valence electrons. The van der Waals surface area contributed by atoms with Crippen LogP contribution in [0, 0.1) is 6.92 Å². The molecule has 0 unspecified atom stereocenters. The number of Topliss-reactive ketones (excluding diaryl/α,β-unsaturated/α-hetero) is 1. The molecule has 1 fully saturated rings. The molecule has 1 aliphatic heterocycles. The van der Waals surface area contributed by atoms with Crippen LogP contribution >= 0.6 is 0 Å². The molecule has 4 rings (SSSR count). The van der Waals surface area contributed by atoms with Gasteiger partial charge in [-0.2, -0.15) is 0 Å². The molecule has 9 nitrogen and oxygen atoms in total. The lowest BCUT2D eigenvalue weighted by Crippen LogP contribution is -2.36. The van der Waals surface area contributed by atoms with Gasteiger partial charge in [0.25, 0.3) is 10.0 Å². The quantitative estimate of drug-likeness (QED) is 0.509. The SMILES string of the molecule is CC(=O)c1cccc(S(=O)(=O)Nc2ccc(Nc3cc(N4CCOCC4)nc(C)n3)cc2)c1. The summed E-state index contributed by atoms with van der Waals surface area (Å²) < 4.78 is 33.4. The largest absolute Gasteiger partial charge is 0.378 e. The Balaban J connectivity index is 1.47. The Morgan fingerprint density at radius 1 is 1.00 bits per heavy atom. The van der Waals surface area contributed by atoms with Crippen molar-refractivity contribution in [2.75, 3.05) is 41.2 Å². The predicted octanol–water partition coefficient (Wildman–Crippen LogP) is 3.37. The van der Waals surface area contributed by atoms with Gasteiger partial charge in [0.2, 0.25) is 0 Å². The molecule has 0 spiro atoms. The number of hydrogen-bond donors (Lipinski definition) is 2. The van der Waals surface area contributed by atoms with Crippen LogP contribution in [-0.2, 0) is 14.8 Å². The number of rotatable bonds is 7. The van der Waals surface area contributed by atoms with Crippen LogP contribution in [-0.4, -0.2) is 50.5 Å². The zero-order chi connectivity index (χ0) is 23.4. The lowest BCUT2D eigenvalue weighted by Gasteiger charge is -2.28. The van der Waals surface area contributed by atoms with E-state index in [0.717, 1.165) is 24.6 Å². The molecule has 2 heterocycles. The molecule has 0 amide bonds. The molecular formula is C23H25N5O4S. The Morgan fingerprint density at radius 2 is 1.70 bits per heavy atom. The Kier molecular flexibility index (Phi) is 6.57. The third-order valence-corrected chi connectivity index (χ3v) is 6.50. The van der Waals surface area contributed by atoms with Gasteiger partial charge in [0.05, 0.1) is 18.1 Å². The minimum absolute atomic E-state index is 0.0319. The number of hydrogen-bond acceptors (Lipinski definition) is 8. The molecule has 2 aromatic carbocycles. The number of anilines is 4. The van der Waals surface area contributed by atoms with Gasteiger partial charge in [-0.1, -0.05) is 12.1 Å². The van der Waals surface area contributed by atoms with Crippen molar-refractivity contribution in [2.45, 2.75) is 18.7 Å². The predicted molar refractivity (Wildman–Crippen MR) is 127 cm³/mol. The van der Waals surface area contributed by atoms with E-state index in [1.165, 1.54) is 19.1 Å². The molecule has 1 aliphatic rings. The Morgan fingerprint density at radius 3 is 2.39 bits per heavy atom. The van der Waals surface area contributed by atoms with Crippen LogP contribution in [0.5, 0.6) is 0 Å². The molecule has 1 saturated heterocycles. The van der Waals surface area contributed by atoms with E-state index in [9.17, 15) is 13.2 Å². The van der Waals surface area contributed by atoms with Crippen LogP contribution < -0.4 is 14.9 Å². The van der Waals surface area contributed by atoms with Crippen molar-refractivity contribution in [3.8, 4) is 0 Å². The van der Waals surface area contributed by atoms with Gasteiger partial charge in [-0.25, -0.2) is 18.4 Å². The number of benzene rings is 2. The number of aryl methyl sites for hydroxylation is 1. The number of ketones is 1. The van der Waals surface area contributed by atoms with E-state index in [-0.39, 0.29) is 10.7 Å². The maximum absolute atomic E-state index is 12.7. The first-order valence-electron chi connectivity index (χ1n) is 10.5. The third-order valence-electron chi connectivity index (χ3n) is 5.12. The second kappa shape index (κ2) is 9.55. The number of carbonyl (C=O) groups excluding carboxylic acids is 1. The molecule has 0 atom stereocenters. The maximum Gasteiger partial charge on any atom is 0.261 e. The van der Waals surface area contributed by atoms with Crippen molar-refractivity contribution in [3.63, 3.8) is 0 Å². The van der Waals surface area contributed by atoms with E-state index in [4.69, 9.17) is 4.74 Å². The number of sulfonamides is 1. The third kappa shape index (κ3) is 5.65. The van der Waals surface area contributed by atoms with Gasteiger partial charge >= 0.3 is 0 Å². The minimum Gasteiger partial charge on any atom is -0.378 e. The summed E-state index contributed by atoms with van der Waals surface area (Å²) in [5.41, 5.74) is 1.50. The molecule has 3 aromatic rings. The van der Waals surface area contributed by atoms with Gasteiger partial charge in [-0.3, -0.25) is 9.52 Å². The number of ether oxygens (including phenoxy) is 1. The number of nitrogens with one attached hydrogen (secondary N) is 2. The summed E-state index contributed by atoms with van der Waals surface area (Å²) in [7, 11) is -3.82. The number of morpholine rings is 1. The van der Waals surface area contributed by atoms with Crippen LogP contribution in [0.3, 0.4) is 0 Å². The average Bonchev–Trinajstić information content (AvgIpc) is 2.80. The highest BCUT2D eigenvalue weighted by Crippen LogP contribution is 2.23. The van der Waals surface area contributed by atoms with Crippen LogP contribution in [0.4, 0.5) is 23.0 Å². The fourth-order valence-corrected chi connectivity index (χ4v) is 4.54.